The Morgan fingerprint density at radius 2 is 0.378 bits per heavy atom. The van der Waals surface area contributed by atoms with Gasteiger partial charge in [-0.2, -0.15) is 12.8 Å². The number of benzene rings is 2. The number of hydrogen-bond acceptors (Lipinski definition) is 0. The van der Waals surface area contributed by atoms with Gasteiger partial charge in [0.25, 0.3) is 0 Å². The molecule has 2 nitrogen and oxygen atoms in total. The van der Waals surface area contributed by atoms with Crippen molar-refractivity contribution in [2.75, 3.05) is 0 Å². The second-order valence-electron chi connectivity index (χ2n) is 30.8. The first-order chi connectivity index (χ1) is 47.8. The van der Waals surface area contributed by atoms with Crippen molar-refractivity contribution in [1.29, 1.82) is 0 Å². The molecule has 0 saturated heterocycles. The monoisotopic (exact) mass is 1400 g/mol. The van der Waals surface area contributed by atoms with Crippen LogP contribution in [0.5, 0.6) is 0 Å². The molecule has 3 rings (SSSR count). The number of allylic oxidation sites excluding steroid dienone is 2. The van der Waals surface area contributed by atoms with Crippen LogP contribution in [0.15, 0.2) is 47.5 Å². The molecule has 98 heavy (non-hydrogen) atoms. The second kappa shape index (κ2) is 74.7. The molecule has 0 N–H and O–H groups in total. The van der Waals surface area contributed by atoms with E-state index in [0.717, 1.165) is 69.2 Å². The summed E-state index contributed by atoms with van der Waals surface area (Å²) in [6.07, 6.45) is 96.2. The molecule has 0 aromatic heterocycles. The fourth-order valence-electron chi connectivity index (χ4n) is 15.0. The summed E-state index contributed by atoms with van der Waals surface area (Å²) in [6, 6.07) is 13.9. The van der Waals surface area contributed by atoms with E-state index in [0.29, 0.717) is 0 Å². The van der Waals surface area contributed by atoms with Gasteiger partial charge in [-0.25, -0.2) is 4.70 Å². The van der Waals surface area contributed by atoms with Crippen molar-refractivity contribution in [2.24, 2.45) is 0 Å². The van der Waals surface area contributed by atoms with Gasteiger partial charge in [0.1, 0.15) is 0 Å². The van der Waals surface area contributed by atoms with Crippen LogP contribution in [-0.2, 0) is 42.2 Å². The third-order valence-electron chi connectivity index (χ3n) is 21.7. The van der Waals surface area contributed by atoms with Crippen molar-refractivity contribution in [2.45, 2.75) is 498 Å². The maximum Gasteiger partial charge on any atom is 2.00 e. The topological polar surface area (TPSA) is 25.3 Å². The average molecular weight is 1400 g/mol. The fourth-order valence-corrected chi connectivity index (χ4v) is 15.0. The molecule has 0 spiro atoms. The minimum atomic E-state index is 0. The zero-order chi connectivity index (χ0) is 70.4. The molecule has 2 aromatic carbocycles. The van der Waals surface area contributed by atoms with Crippen LogP contribution in [0.25, 0.3) is 16.9 Å². The molecule has 1 aliphatic heterocycles. The molecule has 0 saturated carbocycles. The van der Waals surface area contributed by atoms with Gasteiger partial charge in [-0.3, -0.25) is 0 Å². The Kier molecular flexibility index (Phi) is 73.2. The molecule has 1 heterocycles. The van der Waals surface area contributed by atoms with E-state index in [4.69, 9.17) is 0 Å². The Morgan fingerprint density at radius 1 is 0.224 bits per heavy atom. The van der Waals surface area contributed by atoms with Crippen LogP contribution >= 0.6 is 0 Å². The van der Waals surface area contributed by atoms with Gasteiger partial charge in [0.2, 0.25) is 11.4 Å². The molecule has 0 fully saturated rings. The molecule has 0 unspecified atom stereocenters. The summed E-state index contributed by atoms with van der Waals surface area (Å²) in [4.78, 5) is 0. The third kappa shape index (κ3) is 53.7. The first kappa shape index (κ1) is 96.0. The van der Waals surface area contributed by atoms with E-state index in [1.807, 2.05) is 0 Å². The molecule has 572 valence electrons. The van der Waals surface area contributed by atoms with Crippen molar-refractivity contribution >= 4 is 11.4 Å². The Balaban J connectivity index is 0.00000145. The van der Waals surface area contributed by atoms with Gasteiger partial charge in [-0.15, -0.1) is 0 Å². The molecule has 0 atom stereocenters. The van der Waals surface area contributed by atoms with Gasteiger partial charge in [0.05, 0.1) is 0 Å². The Morgan fingerprint density at radius 3 is 0.551 bits per heavy atom. The van der Waals surface area contributed by atoms with Crippen LogP contribution in [0.1, 0.15) is 506 Å². The van der Waals surface area contributed by atoms with Gasteiger partial charge >= 0.3 is 16.5 Å². The quantitative estimate of drug-likeness (QED) is 0.0273. The summed E-state index contributed by atoms with van der Waals surface area (Å²) < 4.78 is 1.58. The van der Waals surface area contributed by atoms with E-state index >= 15 is 0 Å². The van der Waals surface area contributed by atoms with Crippen molar-refractivity contribution in [3.63, 3.8) is 0 Å². The number of hydrogen-bond donors (Lipinski definition) is 0. The second-order valence-corrected chi connectivity index (χ2v) is 30.8. The zero-order valence-corrected chi connectivity index (χ0v) is 68.9. The average Bonchev–Trinajstić information content (AvgIpc) is 1.60. The first-order valence-electron chi connectivity index (χ1n) is 44.6. The summed E-state index contributed by atoms with van der Waals surface area (Å²) in [5.74, 6) is 0. The van der Waals surface area contributed by atoms with Crippen LogP contribution < -0.4 is 0 Å². The molecular weight excluding hydrogens is 1230 g/mol. The fraction of sp³-hybridized carbons (Fsp3) is 0.811. The number of rotatable bonds is 69. The predicted octanol–water partition coefficient (Wildman–Crippen LogP) is 34.2. The van der Waals surface area contributed by atoms with Crippen molar-refractivity contribution in [3.8, 4) is 0 Å². The summed E-state index contributed by atoms with van der Waals surface area (Å²) >= 11 is 0. The maximum absolute atomic E-state index is 12.0. The van der Waals surface area contributed by atoms with Crippen LogP contribution in [0.4, 0.5) is 0 Å². The molecule has 0 aliphatic carbocycles. The minimum absolute atomic E-state index is 0. The van der Waals surface area contributed by atoms with Gasteiger partial charge in [-0.1, -0.05) is 446 Å². The maximum atomic E-state index is 12.0. The standard InChI is InChI=1S/C35H50N2.2C30H61.Ni/c1-7-13-15-17-19-33-32(18-16-14-8-2)34(30-22-26(9-3)20-27(10-4)23-30)37(36)35(33)31-24-28(11-5)21-29(12-6)25-31;2*1-3-5-7-9-11-13-15-17-19-21-23-25-27-29-30-28-26-24-22-20-18-16-14-12-10-8-6-4-2;/h20-25H,7-19H2,1-6H3;2*1,3-30H2,2H3;/q;2*-1;+2. The summed E-state index contributed by atoms with van der Waals surface area (Å²) in [5, 5.41) is 0. The van der Waals surface area contributed by atoms with E-state index < -0.39 is 0 Å². The Labute approximate surface area is 627 Å². The third-order valence-corrected chi connectivity index (χ3v) is 21.7. The molecule has 3 heteroatoms. The smallest absolute Gasteiger partial charge is 0.493 e. The van der Waals surface area contributed by atoms with E-state index in [-0.39, 0.29) is 16.5 Å². The normalized spacial score (nSPS) is 12.2. The van der Waals surface area contributed by atoms with Crippen molar-refractivity contribution < 1.29 is 21.2 Å². The Bertz CT molecular complexity index is 1920. The van der Waals surface area contributed by atoms with Gasteiger partial charge in [0, 0.05) is 22.3 Å². The van der Waals surface area contributed by atoms with Crippen molar-refractivity contribution in [1.82, 2.24) is 0 Å². The molecule has 0 radical (unpaired) electrons. The summed E-state index contributed by atoms with van der Waals surface area (Å²) in [5.41, 5.74) is 24.6. The summed E-state index contributed by atoms with van der Waals surface area (Å²) in [6.45, 7) is 25.9. The van der Waals surface area contributed by atoms with E-state index in [2.05, 4.69) is 106 Å². The minimum Gasteiger partial charge on any atom is -0.493 e. The molecule has 0 amide bonds. The van der Waals surface area contributed by atoms with Crippen molar-refractivity contribution in [3.05, 3.63) is 100 Å². The van der Waals surface area contributed by atoms with Crippen LogP contribution in [0.2, 0.25) is 0 Å². The first-order valence-corrected chi connectivity index (χ1v) is 44.6. The largest absolute Gasteiger partial charge is 2.00 e. The van der Waals surface area contributed by atoms with Crippen LogP contribution in [0.3, 0.4) is 0 Å². The number of unbranched alkanes of at least 4 members (excludes halogenated alkanes) is 59. The van der Waals surface area contributed by atoms with E-state index in [1.54, 1.807) is 4.70 Å². The SMILES string of the molecule is CCCCCCC1=C(c2cc(CC)cc(CC)c2)[N+](=[N-])C(c2cc(CC)cc(CC)c2)=C1CCCCC.[CH2-]CCCCCCCCCCCCCCCCCCCCCCCCCCCCC.[CH2-]CCCCCCCCCCCCCCCCCCCCCCCCCCCCC.[Ni+2]. The molecule has 1 aliphatic rings. The van der Waals surface area contributed by atoms with Gasteiger partial charge in [0.15, 0.2) is 0 Å². The van der Waals surface area contributed by atoms with E-state index in [9.17, 15) is 5.53 Å². The van der Waals surface area contributed by atoms with Crippen LogP contribution in [0, 0.1) is 13.8 Å². The molecule has 0 bridgehead atoms. The number of nitrogens with zero attached hydrogens (tertiary/aromatic N) is 2. The summed E-state index contributed by atoms with van der Waals surface area (Å²) in [7, 11) is 0. The predicted molar refractivity (Wildman–Crippen MR) is 441 cm³/mol. The van der Waals surface area contributed by atoms with Gasteiger partial charge < -0.3 is 19.4 Å². The zero-order valence-electron chi connectivity index (χ0n) is 67.9. The molecule has 2 aromatic rings. The van der Waals surface area contributed by atoms with Gasteiger partial charge in [-0.05, 0) is 97.9 Å². The van der Waals surface area contributed by atoms with E-state index in [1.165, 1.54) is 430 Å². The molecular formula is C95H172N2Ni. The Hall–Kier alpha value is -1.99. The van der Waals surface area contributed by atoms with Crippen LogP contribution in [-0.4, -0.2) is 4.70 Å². The number of aryl methyl sites for hydroxylation is 4.